The van der Waals surface area contributed by atoms with Gasteiger partial charge < -0.3 is 4.74 Å². The van der Waals surface area contributed by atoms with Crippen LogP contribution in [0.25, 0.3) is 6.20 Å². The maximum absolute atomic E-state index is 11.6. The first-order valence-corrected chi connectivity index (χ1v) is 5.11. The highest BCUT2D eigenvalue weighted by Crippen LogP contribution is 2.00. The number of carbonyl (C=O) groups excluding carboxylic acids is 1. The Kier molecular flexibility index (Phi) is 2.85. The van der Waals surface area contributed by atoms with Gasteiger partial charge in [-0.15, -0.1) is 0 Å². The van der Waals surface area contributed by atoms with Crippen molar-refractivity contribution in [3.05, 3.63) is 29.0 Å². The largest absolute Gasteiger partial charge is 0.446 e. The highest BCUT2D eigenvalue weighted by molar-refractivity contribution is 5.72. The Labute approximate surface area is 93.1 Å². The van der Waals surface area contributed by atoms with E-state index in [0.717, 1.165) is 5.22 Å². The van der Waals surface area contributed by atoms with Gasteiger partial charge in [-0.25, -0.2) is 14.8 Å². The van der Waals surface area contributed by atoms with Crippen LogP contribution >= 0.6 is 0 Å². The lowest BCUT2D eigenvalue weighted by molar-refractivity contribution is 0.0931. The second-order valence-corrected chi connectivity index (χ2v) is 3.75. The molecular formula is C11H13N3O2. The predicted octanol–water partition coefficient (Wildman–Crippen LogP) is 0.257. The van der Waals surface area contributed by atoms with Crippen molar-refractivity contribution in [3.8, 4) is 0 Å². The molecule has 16 heavy (non-hydrogen) atoms. The summed E-state index contributed by atoms with van der Waals surface area (Å²) in [6.45, 7) is 3.89. The molecule has 5 nitrogen and oxygen atoms in total. The molecule has 0 aliphatic carbocycles. The van der Waals surface area contributed by atoms with Gasteiger partial charge in [-0.3, -0.25) is 4.90 Å². The topological polar surface area (TPSA) is 54.8 Å². The van der Waals surface area contributed by atoms with Crippen molar-refractivity contribution in [2.75, 3.05) is 6.67 Å². The first kappa shape index (κ1) is 10.6. The smallest absolute Gasteiger partial charge is 0.415 e. The first-order chi connectivity index (χ1) is 7.66. The van der Waals surface area contributed by atoms with Gasteiger partial charge in [-0.05, 0) is 26.0 Å². The lowest BCUT2D eigenvalue weighted by Gasteiger charge is -2.19. The van der Waals surface area contributed by atoms with Crippen LogP contribution in [0.1, 0.15) is 13.8 Å². The molecular weight excluding hydrogens is 206 g/mol. The van der Waals surface area contributed by atoms with Crippen LogP contribution in [0.2, 0.25) is 0 Å². The molecule has 0 fully saturated rings. The van der Waals surface area contributed by atoms with E-state index in [-0.39, 0.29) is 18.9 Å². The van der Waals surface area contributed by atoms with Crippen molar-refractivity contribution >= 4 is 12.3 Å². The van der Waals surface area contributed by atoms with Crippen molar-refractivity contribution < 1.29 is 9.53 Å². The third-order valence-corrected chi connectivity index (χ3v) is 2.06. The van der Waals surface area contributed by atoms with Gasteiger partial charge in [0, 0.05) is 17.6 Å². The number of pyridine rings is 1. The molecule has 0 saturated heterocycles. The minimum absolute atomic E-state index is 0.129. The van der Waals surface area contributed by atoms with Crippen molar-refractivity contribution in [3.63, 3.8) is 0 Å². The molecule has 2 heterocycles. The molecule has 0 N–H and O–H groups in total. The van der Waals surface area contributed by atoms with Crippen LogP contribution in [0.15, 0.2) is 23.3 Å². The molecule has 1 aromatic heterocycles. The van der Waals surface area contributed by atoms with Crippen molar-refractivity contribution in [2.24, 2.45) is 4.99 Å². The lowest BCUT2D eigenvalue weighted by Crippen LogP contribution is -2.40. The fraction of sp³-hybridized carbons (Fsp3) is 0.364. The number of fused-ring (bicyclic) bond motifs is 1. The average Bonchev–Trinajstić information content (AvgIpc) is 2.27. The van der Waals surface area contributed by atoms with Gasteiger partial charge >= 0.3 is 6.09 Å². The van der Waals surface area contributed by atoms with E-state index in [1.807, 2.05) is 26.0 Å². The zero-order valence-corrected chi connectivity index (χ0v) is 9.25. The molecule has 0 radical (unpaired) electrons. The number of aromatic nitrogens is 1. The summed E-state index contributed by atoms with van der Waals surface area (Å²) in [6.07, 6.45) is 2.88. The quantitative estimate of drug-likeness (QED) is 0.680. The molecule has 0 aromatic carbocycles. The normalized spacial score (nSPS) is 13.8. The molecule has 1 amide bonds. The van der Waals surface area contributed by atoms with Crippen LogP contribution in [0.3, 0.4) is 0 Å². The summed E-state index contributed by atoms with van der Waals surface area (Å²) in [6, 6.07) is 3.67. The third kappa shape index (κ3) is 2.18. The summed E-state index contributed by atoms with van der Waals surface area (Å²) in [5.74, 6) is 0. The van der Waals surface area contributed by atoms with E-state index < -0.39 is 0 Å². The van der Waals surface area contributed by atoms with Gasteiger partial charge in [0.2, 0.25) is 0 Å². The summed E-state index contributed by atoms with van der Waals surface area (Å²) in [7, 11) is 0. The highest BCUT2D eigenvalue weighted by atomic mass is 16.6. The molecule has 0 spiro atoms. The Morgan fingerprint density at radius 3 is 3.12 bits per heavy atom. The van der Waals surface area contributed by atoms with Crippen molar-refractivity contribution in [1.29, 1.82) is 0 Å². The van der Waals surface area contributed by atoms with Gasteiger partial charge in [0.1, 0.15) is 6.67 Å². The SMILES string of the molecule is CC(C)OC(=O)N1C=c2cccnc2=NC1. The Bertz CT molecular complexity index is 510. The van der Waals surface area contributed by atoms with Crippen LogP contribution in [0.5, 0.6) is 0 Å². The number of ether oxygens (including phenoxy) is 1. The van der Waals surface area contributed by atoms with E-state index in [1.54, 1.807) is 12.4 Å². The van der Waals surface area contributed by atoms with E-state index in [2.05, 4.69) is 9.98 Å². The van der Waals surface area contributed by atoms with Crippen LogP contribution in [0.4, 0.5) is 4.79 Å². The molecule has 84 valence electrons. The fourth-order valence-electron chi connectivity index (χ4n) is 1.37. The lowest BCUT2D eigenvalue weighted by atomic mass is 10.4. The molecule has 2 rings (SSSR count). The Morgan fingerprint density at radius 2 is 2.38 bits per heavy atom. The summed E-state index contributed by atoms with van der Waals surface area (Å²) in [4.78, 5) is 21.3. The highest BCUT2D eigenvalue weighted by Gasteiger charge is 2.15. The van der Waals surface area contributed by atoms with E-state index in [0.29, 0.717) is 5.49 Å². The third-order valence-electron chi connectivity index (χ3n) is 2.06. The van der Waals surface area contributed by atoms with Gasteiger partial charge in [0.05, 0.1) is 6.10 Å². The molecule has 1 aromatic rings. The first-order valence-electron chi connectivity index (χ1n) is 5.11. The fourth-order valence-corrected chi connectivity index (χ4v) is 1.37. The number of amides is 1. The molecule has 1 aliphatic heterocycles. The van der Waals surface area contributed by atoms with Crippen LogP contribution in [-0.2, 0) is 4.74 Å². The zero-order valence-electron chi connectivity index (χ0n) is 9.25. The maximum atomic E-state index is 11.6. The number of rotatable bonds is 1. The van der Waals surface area contributed by atoms with E-state index in [9.17, 15) is 4.79 Å². The number of nitrogens with zero attached hydrogens (tertiary/aromatic N) is 3. The monoisotopic (exact) mass is 219 g/mol. The second-order valence-electron chi connectivity index (χ2n) is 3.75. The number of hydrogen-bond acceptors (Lipinski definition) is 4. The van der Waals surface area contributed by atoms with Crippen LogP contribution in [-0.4, -0.2) is 28.7 Å². The molecule has 0 saturated carbocycles. The summed E-state index contributed by atoms with van der Waals surface area (Å²) in [5, 5.41) is 0.828. The van der Waals surface area contributed by atoms with E-state index in [4.69, 9.17) is 4.74 Å². The number of hydrogen-bond donors (Lipinski definition) is 0. The average molecular weight is 219 g/mol. The summed E-state index contributed by atoms with van der Waals surface area (Å²) >= 11 is 0. The van der Waals surface area contributed by atoms with Crippen molar-refractivity contribution in [2.45, 2.75) is 20.0 Å². The van der Waals surface area contributed by atoms with Crippen LogP contribution < -0.4 is 10.7 Å². The Balaban J connectivity index is 2.24. The molecule has 0 bridgehead atoms. The maximum Gasteiger partial charge on any atom is 0.415 e. The van der Waals surface area contributed by atoms with Crippen molar-refractivity contribution in [1.82, 2.24) is 9.88 Å². The Morgan fingerprint density at radius 1 is 1.56 bits per heavy atom. The van der Waals surface area contributed by atoms with Crippen LogP contribution in [0, 0.1) is 0 Å². The number of carbonyl (C=O) groups is 1. The standard InChI is InChI=1S/C11H13N3O2/c1-8(2)16-11(15)14-6-9-4-3-5-12-10(9)13-7-14/h3-6,8H,7H2,1-2H3. The predicted molar refractivity (Wildman–Crippen MR) is 57.8 cm³/mol. The second kappa shape index (κ2) is 4.30. The van der Waals surface area contributed by atoms with Gasteiger partial charge in [0.25, 0.3) is 0 Å². The minimum Gasteiger partial charge on any atom is -0.446 e. The Hall–Kier alpha value is -1.91. The zero-order chi connectivity index (χ0) is 11.5. The summed E-state index contributed by atoms with van der Waals surface area (Å²) < 4.78 is 5.08. The molecule has 5 heteroatoms. The molecule has 1 aliphatic rings. The molecule has 0 unspecified atom stereocenters. The summed E-state index contributed by atoms with van der Waals surface area (Å²) in [5.41, 5.74) is 0.663. The van der Waals surface area contributed by atoms with Gasteiger partial charge in [-0.1, -0.05) is 0 Å². The molecule has 0 atom stereocenters. The minimum atomic E-state index is -0.381. The van der Waals surface area contributed by atoms with E-state index in [1.165, 1.54) is 4.90 Å². The van der Waals surface area contributed by atoms with Gasteiger partial charge in [-0.2, -0.15) is 0 Å². The van der Waals surface area contributed by atoms with Gasteiger partial charge in [0.15, 0.2) is 5.49 Å². The van der Waals surface area contributed by atoms with E-state index >= 15 is 0 Å².